The largest absolute Gasteiger partial charge is 0.444 e. The monoisotopic (exact) mass is 704 g/mol. The van der Waals surface area contributed by atoms with Crippen LogP contribution in [0.15, 0.2) is 77.8 Å². The summed E-state index contributed by atoms with van der Waals surface area (Å²) < 4.78 is 5.49. The first-order chi connectivity index (χ1) is 23.7. The number of urea groups is 1. The van der Waals surface area contributed by atoms with E-state index in [4.69, 9.17) is 10.5 Å². The van der Waals surface area contributed by atoms with Crippen LogP contribution in [0.25, 0.3) is 0 Å². The molecule has 2 heterocycles. The normalized spacial score (nSPS) is 13.0. The number of nitrogens with zero attached hydrogens (tertiary/aromatic N) is 3. The molecule has 3 atom stereocenters. The summed E-state index contributed by atoms with van der Waals surface area (Å²) >= 11 is 3.02. The molecule has 0 bridgehead atoms. The lowest BCUT2D eigenvalue weighted by Gasteiger charge is -2.25. The van der Waals surface area contributed by atoms with Crippen molar-refractivity contribution in [3.8, 4) is 0 Å². The van der Waals surface area contributed by atoms with Crippen LogP contribution in [0.5, 0.6) is 0 Å². The number of carbonyl (C=O) groups is 3. The van der Waals surface area contributed by atoms with E-state index in [1.54, 1.807) is 35.0 Å². The quantitative estimate of drug-likeness (QED) is 0.0985. The zero-order chi connectivity index (χ0) is 35.0. The number of aromatic nitrogens is 2. The zero-order valence-electron chi connectivity index (χ0n) is 28.5. The third kappa shape index (κ3) is 13.0. The molecular weight excluding hydrogens is 657 g/mol. The number of hydrogen-bond acceptors (Lipinski definition) is 9. The number of carbonyl (C=O) groups excluding carboxylic acids is 3. The van der Waals surface area contributed by atoms with E-state index in [2.05, 4.69) is 46.6 Å². The van der Waals surface area contributed by atoms with Crippen molar-refractivity contribution in [2.45, 2.75) is 83.5 Å². The van der Waals surface area contributed by atoms with Gasteiger partial charge in [0.05, 0.1) is 33.7 Å². The number of ketones is 1. The highest BCUT2D eigenvalue weighted by Gasteiger charge is 2.26. The Morgan fingerprint density at radius 2 is 1.61 bits per heavy atom. The smallest absolute Gasteiger partial charge is 0.407 e. The molecule has 0 radical (unpaired) electrons. The minimum absolute atomic E-state index is 0.0254. The van der Waals surface area contributed by atoms with Crippen LogP contribution >= 0.6 is 22.7 Å². The fourth-order valence-electron chi connectivity index (χ4n) is 5.58. The molecule has 4 aromatic rings. The number of nitrogens with one attached hydrogen (secondary N) is 2. The molecule has 12 heteroatoms. The van der Waals surface area contributed by atoms with E-state index in [9.17, 15) is 14.4 Å². The van der Waals surface area contributed by atoms with E-state index in [1.165, 1.54) is 11.3 Å². The van der Waals surface area contributed by atoms with E-state index in [0.29, 0.717) is 44.6 Å². The Labute approximate surface area is 297 Å². The molecule has 4 N–H and O–H groups in total. The molecule has 0 saturated heterocycles. The van der Waals surface area contributed by atoms with Gasteiger partial charge in [-0.1, -0.05) is 74.5 Å². The fourth-order valence-corrected chi connectivity index (χ4v) is 6.92. The second-order valence-electron chi connectivity index (χ2n) is 12.6. The topological polar surface area (TPSA) is 140 Å². The minimum Gasteiger partial charge on any atom is -0.444 e. The summed E-state index contributed by atoms with van der Waals surface area (Å²) in [4.78, 5) is 51.0. The predicted octanol–water partition coefficient (Wildman–Crippen LogP) is 6.72. The number of hydrogen-bond donors (Lipinski definition) is 3. The van der Waals surface area contributed by atoms with Crippen LogP contribution in [0.2, 0.25) is 0 Å². The van der Waals surface area contributed by atoms with Gasteiger partial charge in [0, 0.05) is 37.0 Å². The first-order valence-corrected chi connectivity index (χ1v) is 18.5. The lowest BCUT2D eigenvalue weighted by atomic mass is 9.86. The third-order valence-electron chi connectivity index (χ3n) is 8.21. The Balaban J connectivity index is 1.42. The van der Waals surface area contributed by atoms with Gasteiger partial charge >= 0.3 is 12.1 Å². The molecule has 0 spiro atoms. The highest BCUT2D eigenvalue weighted by molar-refractivity contribution is 7.09. The van der Waals surface area contributed by atoms with Gasteiger partial charge in [0.2, 0.25) is 0 Å². The first-order valence-electron chi connectivity index (χ1n) is 16.8. The number of ether oxygens (including phenoxy) is 1. The number of thiazole rings is 2. The highest BCUT2D eigenvalue weighted by Crippen LogP contribution is 2.23. The van der Waals surface area contributed by atoms with Crippen molar-refractivity contribution >= 4 is 40.6 Å². The lowest BCUT2D eigenvalue weighted by Crippen LogP contribution is -2.47. The van der Waals surface area contributed by atoms with Crippen LogP contribution in [0.3, 0.4) is 0 Å². The van der Waals surface area contributed by atoms with Gasteiger partial charge in [-0.05, 0) is 55.7 Å². The molecule has 3 amide bonds. The second-order valence-corrected chi connectivity index (χ2v) is 14.5. The van der Waals surface area contributed by atoms with E-state index in [1.807, 2.05) is 53.9 Å². The van der Waals surface area contributed by atoms with Crippen molar-refractivity contribution < 1.29 is 19.1 Å². The summed E-state index contributed by atoms with van der Waals surface area (Å²) in [5, 5.41) is 9.00. The maximum Gasteiger partial charge on any atom is 0.407 e. The minimum atomic E-state index is -0.708. The van der Waals surface area contributed by atoms with E-state index < -0.39 is 12.1 Å². The van der Waals surface area contributed by atoms with Crippen molar-refractivity contribution in [2.75, 3.05) is 13.6 Å². The van der Waals surface area contributed by atoms with Crippen LogP contribution < -0.4 is 16.4 Å². The lowest BCUT2D eigenvalue weighted by molar-refractivity contribution is -0.122. The Morgan fingerprint density at radius 3 is 2.22 bits per heavy atom. The first kappa shape index (κ1) is 37.7. The Morgan fingerprint density at radius 1 is 0.918 bits per heavy atom. The number of benzene rings is 2. The average molecular weight is 705 g/mol. The van der Waals surface area contributed by atoms with Gasteiger partial charge in [0.15, 0.2) is 5.78 Å². The number of nitrogens with two attached hydrogens (primary N) is 1. The number of Topliss-reactive ketones (excluding diaryl/α,β-unsaturated/α-hetero) is 1. The molecule has 4 rings (SSSR count). The molecule has 0 aliphatic rings. The highest BCUT2D eigenvalue weighted by atomic mass is 32.1. The van der Waals surface area contributed by atoms with Crippen LogP contribution in [-0.2, 0) is 35.5 Å². The summed E-state index contributed by atoms with van der Waals surface area (Å²) in [5.41, 5.74) is 10.7. The maximum absolute atomic E-state index is 13.8. The van der Waals surface area contributed by atoms with Crippen molar-refractivity contribution in [3.63, 3.8) is 0 Å². The summed E-state index contributed by atoms with van der Waals surface area (Å²) in [7, 11) is 1.70. The molecule has 0 fully saturated rings. The summed E-state index contributed by atoms with van der Waals surface area (Å²) in [6.07, 6.45) is 4.43. The molecule has 49 heavy (non-hydrogen) atoms. The third-order valence-corrected chi connectivity index (χ3v) is 10.2. The van der Waals surface area contributed by atoms with Crippen LogP contribution in [0, 0.1) is 5.92 Å². The SMILES string of the molecule is CC(C)c1nc(CN(C)C(=O)NC(CCN)C(=O)CC(CCC(Cc2ccccc2)NC(=O)OCc2cncs2)Cc2ccccc2)cs1. The zero-order valence-corrected chi connectivity index (χ0v) is 30.2. The number of amides is 3. The average Bonchev–Trinajstić information content (AvgIpc) is 3.80. The molecule has 2 aromatic heterocycles. The number of alkyl carbamates (subject to hydrolysis) is 1. The number of rotatable bonds is 19. The van der Waals surface area contributed by atoms with Crippen molar-refractivity contribution in [1.29, 1.82) is 0 Å². The molecule has 3 unspecified atom stereocenters. The molecule has 262 valence electrons. The molecule has 0 aliphatic carbocycles. The second kappa shape index (κ2) is 19.8. The van der Waals surface area contributed by atoms with E-state index >= 15 is 0 Å². The van der Waals surface area contributed by atoms with Crippen molar-refractivity contribution in [3.05, 3.63) is 104 Å². The Hall–Kier alpha value is -4.13. The Kier molecular flexibility index (Phi) is 15.2. The summed E-state index contributed by atoms with van der Waals surface area (Å²) in [5.74, 6) is 0.239. The molecular formula is C37H48N6O4S2. The van der Waals surface area contributed by atoms with Gasteiger partial charge in [-0.3, -0.25) is 9.78 Å². The van der Waals surface area contributed by atoms with Gasteiger partial charge in [-0.2, -0.15) is 0 Å². The van der Waals surface area contributed by atoms with Crippen molar-refractivity contribution in [1.82, 2.24) is 25.5 Å². The van der Waals surface area contributed by atoms with Crippen LogP contribution in [-0.4, -0.2) is 58.5 Å². The Bertz CT molecular complexity index is 1570. The van der Waals surface area contributed by atoms with Gasteiger partial charge < -0.3 is 26.0 Å². The molecule has 2 aromatic carbocycles. The van der Waals surface area contributed by atoms with Crippen LogP contribution in [0.1, 0.15) is 72.2 Å². The molecule has 0 aliphatic heterocycles. The maximum atomic E-state index is 13.8. The summed E-state index contributed by atoms with van der Waals surface area (Å²) in [6.45, 7) is 4.95. The van der Waals surface area contributed by atoms with Gasteiger partial charge in [0.25, 0.3) is 0 Å². The molecule has 0 saturated carbocycles. The van der Waals surface area contributed by atoms with Crippen LogP contribution in [0.4, 0.5) is 9.59 Å². The predicted molar refractivity (Wildman–Crippen MR) is 196 cm³/mol. The van der Waals surface area contributed by atoms with Gasteiger partial charge in [-0.15, -0.1) is 22.7 Å². The molecule has 10 nitrogen and oxygen atoms in total. The van der Waals surface area contributed by atoms with Gasteiger partial charge in [0.1, 0.15) is 6.61 Å². The standard InChI is InChI=1S/C37H48N6O4S2/c1-26(2)35-40-31(24-48-35)22-43(3)36(45)42-33(16-17-38)34(44)20-29(18-27-10-6-4-7-11-27)14-15-30(19-28-12-8-5-9-13-28)41-37(46)47-23-32-21-39-25-49-32/h4-13,21,24-26,29-30,33H,14-20,22-23,38H2,1-3H3,(H,41,46)(H,42,45). The summed E-state index contributed by atoms with van der Waals surface area (Å²) in [6, 6.07) is 18.8. The van der Waals surface area contributed by atoms with E-state index in [-0.39, 0.29) is 43.3 Å². The van der Waals surface area contributed by atoms with E-state index in [0.717, 1.165) is 26.7 Å². The van der Waals surface area contributed by atoms with Gasteiger partial charge in [-0.25, -0.2) is 14.6 Å². The fraction of sp³-hybridized carbons (Fsp3) is 0.432. The van der Waals surface area contributed by atoms with Crippen molar-refractivity contribution in [2.24, 2.45) is 11.7 Å².